The maximum absolute atomic E-state index is 10.4. The minimum atomic E-state index is -0.548. The third-order valence-corrected chi connectivity index (χ3v) is 7.07. The van der Waals surface area contributed by atoms with Gasteiger partial charge in [-0.2, -0.15) is 0 Å². The van der Waals surface area contributed by atoms with Crippen molar-refractivity contribution < 1.29 is 10.2 Å². The Balaban J connectivity index is 2.03. The molecule has 0 saturated carbocycles. The van der Waals surface area contributed by atoms with Crippen LogP contribution in [0.25, 0.3) is 11.1 Å². The van der Waals surface area contributed by atoms with Crippen LogP contribution < -0.4 is 0 Å². The number of phenols is 2. The van der Waals surface area contributed by atoms with Gasteiger partial charge < -0.3 is 10.2 Å². The second-order valence-electron chi connectivity index (χ2n) is 9.69. The van der Waals surface area contributed by atoms with E-state index in [0.29, 0.717) is 0 Å². The first-order chi connectivity index (χ1) is 15.9. The van der Waals surface area contributed by atoms with E-state index in [0.717, 1.165) is 11.1 Å². The topological polar surface area (TPSA) is 40.5 Å². The van der Waals surface area contributed by atoms with Gasteiger partial charge in [0, 0.05) is 0 Å². The fourth-order valence-electron chi connectivity index (χ4n) is 5.70. The summed E-state index contributed by atoms with van der Waals surface area (Å²) in [4.78, 5) is 0. The molecular weight excluding hydrogens is 404 g/mol. The molecule has 5 rings (SSSR count). The molecule has 0 radical (unpaired) electrons. The lowest BCUT2D eigenvalue weighted by atomic mass is 9.63. The number of rotatable bonds is 4. The normalized spacial score (nSPS) is 13.9. The van der Waals surface area contributed by atoms with Crippen molar-refractivity contribution in [3.05, 3.63) is 118 Å². The SMILES string of the molecule is CC(C)c1cc(O)ccc1C1(c2ccc(O)cc2C(C)C)c2ccccc2-c2ccccc21. The van der Waals surface area contributed by atoms with Crippen LogP contribution in [0.3, 0.4) is 0 Å². The molecule has 2 heteroatoms. The van der Waals surface area contributed by atoms with E-state index >= 15 is 0 Å². The summed E-state index contributed by atoms with van der Waals surface area (Å²) in [6.45, 7) is 8.72. The predicted octanol–water partition coefficient (Wildman–Crippen LogP) is 7.71. The zero-order valence-electron chi connectivity index (χ0n) is 19.6. The zero-order valence-corrected chi connectivity index (χ0v) is 19.6. The monoisotopic (exact) mass is 434 g/mol. The summed E-state index contributed by atoms with van der Waals surface area (Å²) in [7, 11) is 0. The van der Waals surface area contributed by atoms with Gasteiger partial charge >= 0.3 is 0 Å². The standard InChI is InChI=1S/C31H30O2/c1-19(2)25-17-21(32)13-15-29(25)31(30-16-14-22(33)18-26(30)20(3)4)27-11-7-5-9-23(27)24-10-6-8-12-28(24)31/h5-20,32-33H,1-4H3. The maximum Gasteiger partial charge on any atom is 0.115 e. The Hall–Kier alpha value is -3.52. The quantitative estimate of drug-likeness (QED) is 0.304. The molecule has 4 aromatic carbocycles. The van der Waals surface area contributed by atoms with Gasteiger partial charge in [-0.1, -0.05) is 88.4 Å². The minimum absolute atomic E-state index is 0.225. The first-order valence-electron chi connectivity index (χ1n) is 11.7. The molecule has 0 aromatic heterocycles. The summed E-state index contributed by atoms with van der Waals surface area (Å²) in [6, 6.07) is 29.0. The Morgan fingerprint density at radius 1 is 0.515 bits per heavy atom. The second kappa shape index (κ2) is 7.81. The molecule has 0 amide bonds. The average Bonchev–Trinajstić information content (AvgIpc) is 3.10. The average molecular weight is 435 g/mol. The summed E-state index contributed by atoms with van der Waals surface area (Å²) in [5.41, 5.74) is 9.03. The molecule has 0 bridgehead atoms. The molecule has 0 atom stereocenters. The molecule has 1 aliphatic carbocycles. The Labute approximate surface area is 196 Å². The van der Waals surface area contributed by atoms with Crippen LogP contribution in [0, 0.1) is 0 Å². The van der Waals surface area contributed by atoms with Crippen LogP contribution in [-0.2, 0) is 5.41 Å². The Kier molecular flexibility index (Phi) is 5.05. The lowest BCUT2D eigenvalue weighted by Gasteiger charge is -2.38. The number of aromatic hydroxyl groups is 2. The Morgan fingerprint density at radius 3 is 1.30 bits per heavy atom. The summed E-state index contributed by atoms with van der Waals surface area (Å²) in [5, 5.41) is 20.8. The van der Waals surface area contributed by atoms with Crippen molar-refractivity contribution in [2.75, 3.05) is 0 Å². The summed E-state index contributed by atoms with van der Waals surface area (Å²) in [6.07, 6.45) is 0. The van der Waals surface area contributed by atoms with Gasteiger partial charge in [0.15, 0.2) is 0 Å². The lowest BCUT2D eigenvalue weighted by Crippen LogP contribution is -2.31. The van der Waals surface area contributed by atoms with E-state index in [4.69, 9.17) is 0 Å². The van der Waals surface area contributed by atoms with E-state index in [1.165, 1.54) is 33.4 Å². The van der Waals surface area contributed by atoms with Crippen LogP contribution in [0.2, 0.25) is 0 Å². The van der Waals surface area contributed by atoms with Crippen LogP contribution in [0.5, 0.6) is 11.5 Å². The molecule has 1 aliphatic rings. The van der Waals surface area contributed by atoms with Gasteiger partial charge in [-0.05, 0) is 80.6 Å². The minimum Gasteiger partial charge on any atom is -0.508 e. The molecule has 166 valence electrons. The van der Waals surface area contributed by atoms with E-state index in [9.17, 15) is 10.2 Å². The highest BCUT2D eigenvalue weighted by Gasteiger charge is 2.48. The van der Waals surface area contributed by atoms with Gasteiger partial charge in [0.2, 0.25) is 0 Å². The fourth-order valence-corrected chi connectivity index (χ4v) is 5.70. The highest BCUT2D eigenvalue weighted by atomic mass is 16.3. The van der Waals surface area contributed by atoms with E-state index in [1.807, 2.05) is 24.3 Å². The van der Waals surface area contributed by atoms with Crippen molar-refractivity contribution in [2.45, 2.75) is 44.9 Å². The molecular formula is C31H30O2. The van der Waals surface area contributed by atoms with E-state index in [1.54, 1.807) is 0 Å². The van der Waals surface area contributed by atoms with Crippen molar-refractivity contribution in [1.82, 2.24) is 0 Å². The fraction of sp³-hybridized carbons (Fsp3) is 0.226. The van der Waals surface area contributed by atoms with Crippen LogP contribution in [-0.4, -0.2) is 10.2 Å². The number of hydrogen-bond acceptors (Lipinski definition) is 2. The summed E-state index contributed by atoms with van der Waals surface area (Å²) >= 11 is 0. The van der Waals surface area contributed by atoms with Crippen LogP contribution in [0.15, 0.2) is 84.9 Å². The molecule has 0 fully saturated rings. The van der Waals surface area contributed by atoms with Crippen LogP contribution in [0.4, 0.5) is 0 Å². The van der Waals surface area contributed by atoms with Crippen molar-refractivity contribution in [2.24, 2.45) is 0 Å². The highest BCUT2D eigenvalue weighted by molar-refractivity contribution is 5.87. The molecule has 2 N–H and O–H groups in total. The largest absolute Gasteiger partial charge is 0.508 e. The Morgan fingerprint density at radius 2 is 0.909 bits per heavy atom. The third-order valence-electron chi connectivity index (χ3n) is 7.07. The van der Waals surface area contributed by atoms with Gasteiger partial charge in [0.25, 0.3) is 0 Å². The van der Waals surface area contributed by atoms with E-state index < -0.39 is 5.41 Å². The lowest BCUT2D eigenvalue weighted by molar-refractivity contribution is 0.473. The molecule has 0 aliphatic heterocycles. The van der Waals surface area contributed by atoms with Crippen molar-refractivity contribution >= 4 is 0 Å². The van der Waals surface area contributed by atoms with Crippen molar-refractivity contribution in [3.8, 4) is 22.6 Å². The second-order valence-corrected chi connectivity index (χ2v) is 9.69. The number of fused-ring (bicyclic) bond motifs is 3. The van der Waals surface area contributed by atoms with E-state index in [2.05, 4.69) is 88.4 Å². The smallest absolute Gasteiger partial charge is 0.115 e. The number of hydrogen-bond donors (Lipinski definition) is 2. The molecule has 0 heterocycles. The Bertz CT molecular complexity index is 1240. The first-order valence-corrected chi connectivity index (χ1v) is 11.7. The first kappa shape index (κ1) is 21.3. The molecule has 0 saturated heterocycles. The number of benzene rings is 4. The van der Waals surface area contributed by atoms with E-state index in [-0.39, 0.29) is 23.3 Å². The molecule has 0 spiro atoms. The zero-order chi connectivity index (χ0) is 23.3. The molecule has 4 aromatic rings. The van der Waals surface area contributed by atoms with Gasteiger partial charge in [-0.15, -0.1) is 0 Å². The third kappa shape index (κ3) is 3.08. The van der Waals surface area contributed by atoms with Gasteiger partial charge in [-0.25, -0.2) is 0 Å². The van der Waals surface area contributed by atoms with Gasteiger partial charge in [-0.3, -0.25) is 0 Å². The van der Waals surface area contributed by atoms with Crippen LogP contribution >= 0.6 is 0 Å². The number of phenolic OH excluding ortho intramolecular Hbond substituents is 2. The van der Waals surface area contributed by atoms with Crippen molar-refractivity contribution in [1.29, 1.82) is 0 Å². The van der Waals surface area contributed by atoms with Crippen molar-refractivity contribution in [3.63, 3.8) is 0 Å². The van der Waals surface area contributed by atoms with Gasteiger partial charge in [0.05, 0.1) is 5.41 Å². The van der Waals surface area contributed by atoms with Crippen LogP contribution in [0.1, 0.15) is 72.9 Å². The highest BCUT2D eigenvalue weighted by Crippen LogP contribution is 2.58. The van der Waals surface area contributed by atoms with Gasteiger partial charge in [0.1, 0.15) is 11.5 Å². The summed E-state index contributed by atoms with van der Waals surface area (Å²) in [5.74, 6) is 1.02. The maximum atomic E-state index is 10.4. The predicted molar refractivity (Wildman–Crippen MR) is 135 cm³/mol. The molecule has 0 unspecified atom stereocenters. The summed E-state index contributed by atoms with van der Waals surface area (Å²) < 4.78 is 0. The molecule has 33 heavy (non-hydrogen) atoms. The molecule has 2 nitrogen and oxygen atoms in total.